The number of hydrogen-bond donors (Lipinski definition) is 2. The van der Waals surface area contributed by atoms with E-state index < -0.39 is 12.6 Å². The van der Waals surface area contributed by atoms with Crippen LogP contribution in [-0.2, 0) is 4.74 Å². The molecule has 1 atom stereocenters. The van der Waals surface area contributed by atoms with Gasteiger partial charge in [0, 0.05) is 39.8 Å². The molecule has 21 heavy (non-hydrogen) atoms. The Morgan fingerprint density at radius 2 is 1.95 bits per heavy atom. The summed E-state index contributed by atoms with van der Waals surface area (Å²) in [6.07, 6.45) is -5.01. The van der Waals surface area contributed by atoms with Gasteiger partial charge >= 0.3 is 6.18 Å². The van der Waals surface area contributed by atoms with Gasteiger partial charge in [0.1, 0.15) is 0 Å². The van der Waals surface area contributed by atoms with Gasteiger partial charge in [0.05, 0.1) is 19.6 Å². The minimum absolute atomic E-state index is 0.166. The minimum atomic E-state index is -4.14. The fourth-order valence-electron chi connectivity index (χ4n) is 2.10. The van der Waals surface area contributed by atoms with Gasteiger partial charge in [-0.3, -0.25) is 9.89 Å². The van der Waals surface area contributed by atoms with Crippen LogP contribution in [0.5, 0.6) is 0 Å². The lowest BCUT2D eigenvalue weighted by molar-refractivity contribution is -0.132. The Bertz CT molecular complexity index is 317. The summed E-state index contributed by atoms with van der Waals surface area (Å²) in [6, 6.07) is 0. The van der Waals surface area contributed by atoms with Gasteiger partial charge in [-0.1, -0.05) is 6.92 Å². The Morgan fingerprint density at radius 3 is 2.52 bits per heavy atom. The summed E-state index contributed by atoms with van der Waals surface area (Å²) in [5.74, 6) is 0.789. The van der Waals surface area contributed by atoms with E-state index in [1.165, 1.54) is 0 Å². The van der Waals surface area contributed by atoms with Crippen molar-refractivity contribution >= 4 is 5.96 Å². The van der Waals surface area contributed by atoms with Crippen LogP contribution < -0.4 is 10.6 Å². The summed E-state index contributed by atoms with van der Waals surface area (Å²) in [6.45, 7) is 6.94. The molecule has 124 valence electrons. The third-order valence-electron chi connectivity index (χ3n) is 3.22. The van der Waals surface area contributed by atoms with Crippen LogP contribution in [0.15, 0.2) is 4.99 Å². The third-order valence-corrected chi connectivity index (χ3v) is 3.22. The zero-order valence-corrected chi connectivity index (χ0v) is 12.7. The summed E-state index contributed by atoms with van der Waals surface area (Å²) in [4.78, 5) is 6.25. The average Bonchev–Trinajstić information content (AvgIpc) is 2.42. The van der Waals surface area contributed by atoms with Crippen LogP contribution in [0.2, 0.25) is 0 Å². The Morgan fingerprint density at radius 1 is 1.29 bits per heavy atom. The van der Waals surface area contributed by atoms with Crippen LogP contribution in [0.25, 0.3) is 0 Å². The molecule has 0 aromatic rings. The van der Waals surface area contributed by atoms with E-state index in [1.807, 2.05) is 0 Å². The van der Waals surface area contributed by atoms with E-state index in [9.17, 15) is 13.2 Å². The number of nitrogens with one attached hydrogen (secondary N) is 2. The van der Waals surface area contributed by atoms with Crippen LogP contribution in [-0.4, -0.2) is 70.0 Å². The largest absolute Gasteiger partial charge is 0.390 e. The van der Waals surface area contributed by atoms with Crippen molar-refractivity contribution in [3.05, 3.63) is 0 Å². The first-order valence-electron chi connectivity index (χ1n) is 7.22. The Kier molecular flexibility index (Phi) is 7.81. The molecule has 2 N–H and O–H groups in total. The van der Waals surface area contributed by atoms with Gasteiger partial charge < -0.3 is 15.4 Å². The van der Waals surface area contributed by atoms with E-state index in [-0.39, 0.29) is 6.54 Å². The molecule has 1 unspecified atom stereocenters. The number of morpholine rings is 1. The summed E-state index contributed by atoms with van der Waals surface area (Å²) in [7, 11) is 1.55. The van der Waals surface area contributed by atoms with Crippen molar-refractivity contribution in [1.82, 2.24) is 15.5 Å². The fourth-order valence-corrected chi connectivity index (χ4v) is 2.10. The van der Waals surface area contributed by atoms with Gasteiger partial charge in [-0.05, 0) is 5.92 Å². The molecule has 8 heteroatoms. The molecule has 1 aliphatic heterocycles. The standard InChI is InChI=1S/C13H25F3N4O/c1-11(10-20-5-7-21-8-6-20)9-19-12(17-2)18-4-3-13(14,15)16/h11H,3-10H2,1-2H3,(H2,17,18,19). The summed E-state index contributed by atoms with van der Waals surface area (Å²) >= 11 is 0. The number of ether oxygens (including phenoxy) is 1. The van der Waals surface area contributed by atoms with Gasteiger partial charge in [0.2, 0.25) is 0 Å². The molecule has 1 fully saturated rings. The number of alkyl halides is 3. The molecule has 0 saturated carbocycles. The van der Waals surface area contributed by atoms with Gasteiger partial charge in [-0.2, -0.15) is 13.2 Å². The topological polar surface area (TPSA) is 48.9 Å². The molecule has 0 amide bonds. The number of hydrogen-bond acceptors (Lipinski definition) is 3. The zero-order chi connectivity index (χ0) is 15.7. The second-order valence-corrected chi connectivity index (χ2v) is 5.26. The smallest absolute Gasteiger partial charge is 0.379 e. The summed E-state index contributed by atoms with van der Waals surface area (Å²) in [5, 5.41) is 5.73. The summed E-state index contributed by atoms with van der Waals surface area (Å²) in [5.41, 5.74) is 0. The molecule has 1 aliphatic rings. The quantitative estimate of drug-likeness (QED) is 0.569. The molecule has 0 radical (unpaired) electrons. The van der Waals surface area contributed by atoms with E-state index in [2.05, 4.69) is 27.4 Å². The number of guanidine groups is 1. The van der Waals surface area contributed by atoms with E-state index >= 15 is 0 Å². The minimum Gasteiger partial charge on any atom is -0.379 e. The van der Waals surface area contributed by atoms with E-state index in [0.29, 0.717) is 18.4 Å². The maximum atomic E-state index is 12.1. The Balaban J connectivity index is 2.18. The first-order valence-corrected chi connectivity index (χ1v) is 7.22. The lowest BCUT2D eigenvalue weighted by atomic mass is 10.1. The van der Waals surface area contributed by atoms with Crippen molar-refractivity contribution in [3.8, 4) is 0 Å². The predicted molar refractivity (Wildman–Crippen MR) is 76.5 cm³/mol. The van der Waals surface area contributed by atoms with Crippen LogP contribution in [0.4, 0.5) is 13.2 Å². The number of halogens is 3. The maximum absolute atomic E-state index is 12.1. The van der Waals surface area contributed by atoms with Crippen molar-refractivity contribution < 1.29 is 17.9 Å². The van der Waals surface area contributed by atoms with Crippen LogP contribution in [0.3, 0.4) is 0 Å². The third kappa shape index (κ3) is 8.77. The molecule has 5 nitrogen and oxygen atoms in total. The second kappa shape index (κ2) is 9.09. The first-order chi connectivity index (χ1) is 9.90. The Hall–Kier alpha value is -1.02. The molecule has 1 saturated heterocycles. The average molecular weight is 310 g/mol. The van der Waals surface area contributed by atoms with Gasteiger partial charge in [-0.15, -0.1) is 0 Å². The first kappa shape index (κ1) is 18.0. The molecule has 1 rings (SSSR count). The van der Waals surface area contributed by atoms with E-state index in [4.69, 9.17) is 4.74 Å². The van der Waals surface area contributed by atoms with Gasteiger partial charge in [-0.25, -0.2) is 0 Å². The molecule has 0 spiro atoms. The lowest BCUT2D eigenvalue weighted by Crippen LogP contribution is -2.44. The highest BCUT2D eigenvalue weighted by Gasteiger charge is 2.26. The van der Waals surface area contributed by atoms with Gasteiger partial charge in [0.25, 0.3) is 0 Å². The predicted octanol–water partition coefficient (Wildman–Crippen LogP) is 1.07. The normalized spacial score (nSPS) is 19.4. The molecule has 0 aromatic heterocycles. The highest BCUT2D eigenvalue weighted by Crippen LogP contribution is 2.18. The number of rotatable bonds is 6. The second-order valence-electron chi connectivity index (χ2n) is 5.26. The van der Waals surface area contributed by atoms with Crippen molar-refractivity contribution in [3.63, 3.8) is 0 Å². The lowest BCUT2D eigenvalue weighted by Gasteiger charge is -2.29. The van der Waals surface area contributed by atoms with Crippen molar-refractivity contribution in [2.24, 2.45) is 10.9 Å². The molecule has 1 heterocycles. The molecule has 0 bridgehead atoms. The highest BCUT2D eigenvalue weighted by molar-refractivity contribution is 5.79. The van der Waals surface area contributed by atoms with Crippen LogP contribution >= 0.6 is 0 Å². The fraction of sp³-hybridized carbons (Fsp3) is 0.923. The molecule has 0 aliphatic carbocycles. The highest BCUT2D eigenvalue weighted by atomic mass is 19.4. The van der Waals surface area contributed by atoms with Crippen LogP contribution in [0.1, 0.15) is 13.3 Å². The van der Waals surface area contributed by atoms with Crippen LogP contribution in [0, 0.1) is 5.92 Å². The number of nitrogens with zero attached hydrogens (tertiary/aromatic N) is 2. The summed E-state index contributed by atoms with van der Waals surface area (Å²) < 4.78 is 41.5. The molecular formula is C13H25F3N4O. The van der Waals surface area contributed by atoms with Crippen molar-refractivity contribution in [1.29, 1.82) is 0 Å². The van der Waals surface area contributed by atoms with Gasteiger partial charge in [0.15, 0.2) is 5.96 Å². The zero-order valence-electron chi connectivity index (χ0n) is 12.7. The number of aliphatic imine (C=N–C) groups is 1. The molecule has 0 aromatic carbocycles. The Labute approximate surface area is 123 Å². The SMILES string of the molecule is CN=C(NCCC(F)(F)F)NCC(C)CN1CCOCC1. The van der Waals surface area contributed by atoms with E-state index in [1.54, 1.807) is 7.05 Å². The van der Waals surface area contributed by atoms with Crippen molar-refractivity contribution in [2.75, 3.05) is 53.0 Å². The monoisotopic (exact) mass is 310 g/mol. The van der Waals surface area contributed by atoms with Crippen molar-refractivity contribution in [2.45, 2.75) is 19.5 Å². The van der Waals surface area contributed by atoms with E-state index in [0.717, 1.165) is 32.8 Å². The maximum Gasteiger partial charge on any atom is 0.390 e. The molecular weight excluding hydrogens is 285 g/mol.